The number of fused-ring (bicyclic) bond motifs is 1. The fraction of sp³-hybridized carbons (Fsp3) is 0.174. The van der Waals surface area contributed by atoms with Gasteiger partial charge in [-0.1, -0.05) is 6.92 Å². The molecule has 2 aromatic carbocycles. The van der Waals surface area contributed by atoms with Crippen LogP contribution in [0.15, 0.2) is 59.8 Å². The van der Waals surface area contributed by atoms with E-state index in [4.69, 9.17) is 4.74 Å². The molecule has 0 aliphatic heterocycles. The van der Waals surface area contributed by atoms with Crippen molar-refractivity contribution in [1.29, 1.82) is 0 Å². The van der Waals surface area contributed by atoms with Crippen molar-refractivity contribution in [3.63, 3.8) is 0 Å². The van der Waals surface area contributed by atoms with Gasteiger partial charge < -0.3 is 9.30 Å². The van der Waals surface area contributed by atoms with Crippen molar-refractivity contribution in [2.75, 3.05) is 0 Å². The van der Waals surface area contributed by atoms with Crippen molar-refractivity contribution >= 4 is 10.9 Å². The number of alkyl halides is 3. The van der Waals surface area contributed by atoms with Crippen molar-refractivity contribution in [1.82, 2.24) is 14.5 Å². The Labute approximate surface area is 188 Å². The van der Waals surface area contributed by atoms with Crippen molar-refractivity contribution in [3.8, 4) is 11.6 Å². The van der Waals surface area contributed by atoms with Crippen LogP contribution in [0.2, 0.25) is 0 Å². The minimum atomic E-state index is -4.72. The Morgan fingerprint density at radius 2 is 1.74 bits per heavy atom. The molecule has 0 fully saturated rings. The molecule has 5 nitrogen and oxygen atoms in total. The van der Waals surface area contributed by atoms with Crippen LogP contribution in [0.4, 0.5) is 26.3 Å². The Morgan fingerprint density at radius 3 is 2.38 bits per heavy atom. The normalized spacial score (nSPS) is 12.7. The second-order valence-corrected chi connectivity index (χ2v) is 7.30. The van der Waals surface area contributed by atoms with Crippen molar-refractivity contribution < 1.29 is 31.1 Å². The Kier molecular flexibility index (Phi) is 6.03. The summed E-state index contributed by atoms with van der Waals surface area (Å²) in [5.41, 5.74) is -2.06. The molecule has 0 amide bonds. The van der Waals surface area contributed by atoms with Crippen LogP contribution in [0, 0.1) is 17.5 Å². The molecule has 0 spiro atoms. The summed E-state index contributed by atoms with van der Waals surface area (Å²) in [4.78, 5) is 19.7. The number of nitrogens with zero attached hydrogens (tertiary/aromatic N) is 3. The zero-order valence-electron chi connectivity index (χ0n) is 17.4. The summed E-state index contributed by atoms with van der Waals surface area (Å²) < 4.78 is 88.6. The van der Waals surface area contributed by atoms with E-state index in [-0.39, 0.29) is 23.1 Å². The molecule has 2 heterocycles. The molecule has 34 heavy (non-hydrogen) atoms. The maximum absolute atomic E-state index is 14.5. The van der Waals surface area contributed by atoms with Gasteiger partial charge in [0.1, 0.15) is 28.8 Å². The van der Waals surface area contributed by atoms with E-state index in [2.05, 4.69) is 9.97 Å². The molecule has 4 rings (SSSR count). The summed E-state index contributed by atoms with van der Waals surface area (Å²) >= 11 is 0. The van der Waals surface area contributed by atoms with Gasteiger partial charge in [-0.3, -0.25) is 4.79 Å². The van der Waals surface area contributed by atoms with Crippen LogP contribution in [0.25, 0.3) is 10.9 Å². The molecule has 4 aromatic rings. The standard InChI is InChI=1S/C23H15F6N3O2/c1-2-18(20-16(25)8-12(24)9-17(20)26)32-11-31-21(33)14-10-13(5-6-19(14)32)34-22-15(23(27,28)29)4-3-7-30-22/h3-11,18H,2H2,1H3. The summed E-state index contributed by atoms with van der Waals surface area (Å²) in [6, 6.07) is 5.83. The van der Waals surface area contributed by atoms with E-state index >= 15 is 0 Å². The van der Waals surface area contributed by atoms with Gasteiger partial charge in [0.25, 0.3) is 5.56 Å². The van der Waals surface area contributed by atoms with Gasteiger partial charge in [0.05, 0.1) is 23.3 Å². The van der Waals surface area contributed by atoms with Gasteiger partial charge in [0.2, 0.25) is 5.88 Å². The number of benzene rings is 2. The van der Waals surface area contributed by atoms with Gasteiger partial charge in [-0.2, -0.15) is 18.2 Å². The van der Waals surface area contributed by atoms with E-state index in [0.29, 0.717) is 12.1 Å². The second-order valence-electron chi connectivity index (χ2n) is 7.30. The second kappa shape index (κ2) is 8.81. The summed E-state index contributed by atoms with van der Waals surface area (Å²) in [6.07, 6.45) is -2.34. The lowest BCUT2D eigenvalue weighted by Gasteiger charge is -2.22. The zero-order valence-corrected chi connectivity index (χ0v) is 17.4. The molecule has 0 bridgehead atoms. The fourth-order valence-corrected chi connectivity index (χ4v) is 3.68. The van der Waals surface area contributed by atoms with Crippen molar-refractivity contribution in [3.05, 3.63) is 93.9 Å². The molecular weight excluding hydrogens is 464 g/mol. The Balaban J connectivity index is 1.82. The van der Waals surface area contributed by atoms with Crippen LogP contribution < -0.4 is 10.3 Å². The minimum absolute atomic E-state index is 0.0640. The van der Waals surface area contributed by atoms with Crippen LogP contribution in [0.1, 0.15) is 30.5 Å². The number of pyridine rings is 1. The third-order valence-electron chi connectivity index (χ3n) is 5.17. The van der Waals surface area contributed by atoms with E-state index in [1.54, 1.807) is 6.92 Å². The highest BCUT2D eigenvalue weighted by molar-refractivity contribution is 5.80. The van der Waals surface area contributed by atoms with E-state index in [9.17, 15) is 31.1 Å². The molecule has 0 aliphatic carbocycles. The van der Waals surface area contributed by atoms with Gasteiger partial charge in [-0.05, 0) is 36.8 Å². The molecule has 176 valence electrons. The van der Waals surface area contributed by atoms with E-state index in [0.717, 1.165) is 24.7 Å². The van der Waals surface area contributed by atoms with E-state index in [1.807, 2.05) is 0 Å². The maximum atomic E-state index is 14.5. The first-order chi connectivity index (χ1) is 16.1. The number of hydrogen-bond acceptors (Lipinski definition) is 4. The molecule has 0 aliphatic rings. The van der Waals surface area contributed by atoms with Gasteiger partial charge in [0.15, 0.2) is 0 Å². The summed E-state index contributed by atoms with van der Waals surface area (Å²) in [7, 11) is 0. The first kappa shape index (κ1) is 23.3. The predicted molar refractivity (Wildman–Crippen MR) is 110 cm³/mol. The highest BCUT2D eigenvalue weighted by Crippen LogP contribution is 2.37. The molecule has 0 radical (unpaired) electrons. The van der Waals surface area contributed by atoms with Crippen molar-refractivity contribution in [2.45, 2.75) is 25.6 Å². The molecule has 0 saturated heterocycles. The summed E-state index contributed by atoms with van der Waals surface area (Å²) in [5.74, 6) is -4.12. The number of halogens is 6. The van der Waals surface area contributed by atoms with Gasteiger partial charge in [-0.15, -0.1) is 0 Å². The highest BCUT2D eigenvalue weighted by Gasteiger charge is 2.35. The number of ether oxygens (including phenoxy) is 1. The van der Waals surface area contributed by atoms with Crippen LogP contribution >= 0.6 is 0 Å². The molecule has 0 saturated carbocycles. The van der Waals surface area contributed by atoms with Crippen LogP contribution in [-0.2, 0) is 6.18 Å². The lowest BCUT2D eigenvalue weighted by molar-refractivity contribution is -0.138. The van der Waals surface area contributed by atoms with E-state index < -0.39 is 52.2 Å². The molecule has 1 unspecified atom stereocenters. The Bertz CT molecular complexity index is 1410. The average molecular weight is 479 g/mol. The monoisotopic (exact) mass is 479 g/mol. The van der Waals surface area contributed by atoms with Crippen molar-refractivity contribution in [2.24, 2.45) is 0 Å². The maximum Gasteiger partial charge on any atom is 0.421 e. The number of aromatic nitrogens is 3. The molecular formula is C23H15F6N3O2. The third kappa shape index (κ3) is 4.33. The molecule has 0 N–H and O–H groups in total. The SMILES string of the molecule is CCC(c1c(F)cc(F)cc1F)n1cnc(=O)c2cc(Oc3ncccc3C(F)(F)F)ccc21. The first-order valence-corrected chi connectivity index (χ1v) is 9.95. The zero-order chi connectivity index (χ0) is 24.6. The molecule has 1 atom stereocenters. The third-order valence-corrected chi connectivity index (χ3v) is 5.17. The fourth-order valence-electron chi connectivity index (χ4n) is 3.68. The van der Waals surface area contributed by atoms with Crippen LogP contribution in [0.5, 0.6) is 11.6 Å². The average Bonchev–Trinajstić information content (AvgIpc) is 2.77. The van der Waals surface area contributed by atoms with Gasteiger partial charge >= 0.3 is 6.18 Å². The highest BCUT2D eigenvalue weighted by atomic mass is 19.4. The molecule has 2 aromatic heterocycles. The topological polar surface area (TPSA) is 57.0 Å². The van der Waals surface area contributed by atoms with Gasteiger partial charge in [-0.25, -0.2) is 18.2 Å². The number of rotatable bonds is 5. The van der Waals surface area contributed by atoms with Crippen LogP contribution in [0.3, 0.4) is 0 Å². The van der Waals surface area contributed by atoms with Gasteiger partial charge in [0, 0.05) is 23.9 Å². The summed E-state index contributed by atoms with van der Waals surface area (Å²) in [6.45, 7) is 1.63. The lowest BCUT2D eigenvalue weighted by atomic mass is 10.0. The van der Waals surface area contributed by atoms with Crippen LogP contribution in [-0.4, -0.2) is 14.5 Å². The Hall–Kier alpha value is -3.89. The Morgan fingerprint density at radius 1 is 1.03 bits per heavy atom. The quantitative estimate of drug-likeness (QED) is 0.329. The summed E-state index contributed by atoms with van der Waals surface area (Å²) in [5, 5.41) is -0.0640. The first-order valence-electron chi connectivity index (χ1n) is 9.95. The molecule has 11 heteroatoms. The lowest BCUT2D eigenvalue weighted by Crippen LogP contribution is -2.19. The smallest absolute Gasteiger partial charge is 0.421 e. The minimum Gasteiger partial charge on any atom is -0.438 e. The van der Waals surface area contributed by atoms with E-state index in [1.165, 1.54) is 22.8 Å². The predicted octanol–water partition coefficient (Wildman–Crippen LogP) is 6.02. The largest absolute Gasteiger partial charge is 0.438 e. The number of hydrogen-bond donors (Lipinski definition) is 0.